The first-order valence-electron chi connectivity index (χ1n) is 6.09. The van der Waals surface area contributed by atoms with Crippen molar-refractivity contribution in [3.8, 4) is 0 Å². The lowest BCUT2D eigenvalue weighted by atomic mass is 10.00. The van der Waals surface area contributed by atoms with E-state index in [1.807, 2.05) is 27.7 Å². The normalized spacial score (nSPS) is 11.8. The number of hydrogen-bond donors (Lipinski definition) is 0. The summed E-state index contributed by atoms with van der Waals surface area (Å²) >= 11 is 0. The zero-order valence-electron chi connectivity index (χ0n) is 11.9. The summed E-state index contributed by atoms with van der Waals surface area (Å²) in [6.07, 6.45) is 2.98. The van der Waals surface area contributed by atoms with Crippen LogP contribution in [0.4, 0.5) is 0 Å². The van der Waals surface area contributed by atoms with Crippen molar-refractivity contribution in [2.45, 2.75) is 39.5 Å². The molecule has 2 aromatic rings. The van der Waals surface area contributed by atoms with Crippen LogP contribution in [-0.4, -0.2) is 17.4 Å². The molecular weight excluding hydrogens is 260 g/mol. The molecular formula is C14H18N2O2S. The molecule has 0 bridgehead atoms. The molecule has 0 fully saturated rings. The van der Waals surface area contributed by atoms with Gasteiger partial charge in [0.1, 0.15) is 5.82 Å². The van der Waals surface area contributed by atoms with Gasteiger partial charge in [-0.15, -0.1) is 0 Å². The summed E-state index contributed by atoms with van der Waals surface area (Å²) < 4.78 is 26.6. The molecule has 0 amide bonds. The molecule has 1 aromatic carbocycles. The number of aryl methyl sites for hydroxylation is 2. The van der Waals surface area contributed by atoms with Gasteiger partial charge in [0, 0.05) is 12.4 Å². The van der Waals surface area contributed by atoms with Gasteiger partial charge in [0.15, 0.2) is 0 Å². The molecule has 5 heteroatoms. The maximum Gasteiger partial charge on any atom is 0.269 e. The predicted molar refractivity (Wildman–Crippen MR) is 74.9 cm³/mol. The molecule has 2 rings (SSSR count). The fourth-order valence-corrected chi connectivity index (χ4v) is 3.86. The van der Waals surface area contributed by atoms with Crippen LogP contribution in [0.25, 0.3) is 0 Å². The Kier molecular flexibility index (Phi) is 3.26. The fraction of sp³-hybridized carbons (Fsp3) is 0.357. The molecule has 0 aliphatic rings. The summed E-state index contributed by atoms with van der Waals surface area (Å²) in [5, 5.41) is 0. The minimum atomic E-state index is -3.56. The molecule has 0 aliphatic heterocycles. The van der Waals surface area contributed by atoms with Crippen LogP contribution in [0, 0.1) is 34.6 Å². The molecule has 19 heavy (non-hydrogen) atoms. The third-order valence-electron chi connectivity index (χ3n) is 3.75. The highest BCUT2D eigenvalue weighted by molar-refractivity contribution is 7.90. The lowest BCUT2D eigenvalue weighted by Gasteiger charge is -2.15. The van der Waals surface area contributed by atoms with E-state index in [9.17, 15) is 8.42 Å². The SMILES string of the molecule is Cc1cc(S(=O)(=O)n2ccnc2C)c(C)c(C)c1C. The molecule has 0 radical (unpaired) electrons. The van der Waals surface area contributed by atoms with Crippen LogP contribution in [0.2, 0.25) is 0 Å². The van der Waals surface area contributed by atoms with E-state index in [1.54, 1.807) is 13.0 Å². The van der Waals surface area contributed by atoms with Crippen LogP contribution in [0.15, 0.2) is 23.4 Å². The smallest absolute Gasteiger partial charge is 0.241 e. The van der Waals surface area contributed by atoms with E-state index >= 15 is 0 Å². The molecule has 0 N–H and O–H groups in total. The Morgan fingerprint density at radius 1 is 1.00 bits per heavy atom. The van der Waals surface area contributed by atoms with E-state index in [0.717, 1.165) is 22.3 Å². The number of benzene rings is 1. The van der Waals surface area contributed by atoms with Gasteiger partial charge in [0.05, 0.1) is 4.90 Å². The van der Waals surface area contributed by atoms with Crippen LogP contribution >= 0.6 is 0 Å². The zero-order chi connectivity index (χ0) is 14.4. The number of rotatable bonds is 2. The summed E-state index contributed by atoms with van der Waals surface area (Å²) in [7, 11) is -3.56. The van der Waals surface area contributed by atoms with Crippen molar-refractivity contribution >= 4 is 10.0 Å². The molecule has 0 saturated carbocycles. The van der Waals surface area contributed by atoms with Crippen molar-refractivity contribution in [3.05, 3.63) is 46.5 Å². The largest absolute Gasteiger partial charge is 0.269 e. The highest BCUT2D eigenvalue weighted by Gasteiger charge is 2.22. The van der Waals surface area contributed by atoms with Gasteiger partial charge < -0.3 is 0 Å². The summed E-state index contributed by atoms with van der Waals surface area (Å²) in [6, 6.07) is 1.74. The molecule has 0 unspecified atom stereocenters. The Balaban J connectivity index is 2.77. The van der Waals surface area contributed by atoms with Crippen molar-refractivity contribution in [1.29, 1.82) is 0 Å². The maximum absolute atomic E-state index is 12.7. The average molecular weight is 278 g/mol. The third-order valence-corrected chi connectivity index (χ3v) is 5.64. The quantitative estimate of drug-likeness (QED) is 0.848. The summed E-state index contributed by atoms with van der Waals surface area (Å²) in [5.74, 6) is 0.468. The predicted octanol–water partition coefficient (Wildman–Crippen LogP) is 2.66. The fourth-order valence-electron chi connectivity index (χ4n) is 2.17. The third kappa shape index (κ3) is 2.08. The van der Waals surface area contributed by atoms with E-state index in [2.05, 4.69) is 4.98 Å². The van der Waals surface area contributed by atoms with Gasteiger partial charge in [0.2, 0.25) is 0 Å². The van der Waals surface area contributed by atoms with Crippen LogP contribution in [0.3, 0.4) is 0 Å². The Bertz CT molecular complexity index is 743. The first-order valence-corrected chi connectivity index (χ1v) is 7.53. The summed E-state index contributed by atoms with van der Waals surface area (Å²) in [6.45, 7) is 9.43. The molecule has 4 nitrogen and oxygen atoms in total. The van der Waals surface area contributed by atoms with Gasteiger partial charge in [-0.05, 0) is 62.9 Å². The number of aromatic nitrogens is 2. The highest BCUT2D eigenvalue weighted by atomic mass is 32.2. The molecule has 1 aromatic heterocycles. The number of nitrogens with zero attached hydrogens (tertiary/aromatic N) is 2. The Hall–Kier alpha value is -1.62. The summed E-state index contributed by atoms with van der Waals surface area (Å²) in [4.78, 5) is 4.34. The number of hydrogen-bond acceptors (Lipinski definition) is 3. The van der Waals surface area contributed by atoms with E-state index in [0.29, 0.717) is 10.7 Å². The highest BCUT2D eigenvalue weighted by Crippen LogP contribution is 2.26. The van der Waals surface area contributed by atoms with Gasteiger partial charge in [-0.25, -0.2) is 17.4 Å². The second kappa shape index (κ2) is 4.49. The minimum absolute atomic E-state index is 0.356. The average Bonchev–Trinajstić information content (AvgIpc) is 2.78. The minimum Gasteiger partial charge on any atom is -0.241 e. The van der Waals surface area contributed by atoms with Crippen molar-refractivity contribution in [2.75, 3.05) is 0 Å². The lowest BCUT2D eigenvalue weighted by Crippen LogP contribution is -2.16. The summed E-state index contributed by atoms with van der Waals surface area (Å²) in [5.41, 5.74) is 3.95. The van der Waals surface area contributed by atoms with E-state index in [1.165, 1.54) is 16.4 Å². The standard InChI is InChI=1S/C14H18N2O2S/c1-9-8-14(12(4)11(3)10(9)2)19(17,18)16-7-6-15-13(16)5/h6-8H,1-5H3. The lowest BCUT2D eigenvalue weighted by molar-refractivity contribution is 0.585. The van der Waals surface area contributed by atoms with E-state index in [-0.39, 0.29) is 0 Å². The van der Waals surface area contributed by atoms with Crippen LogP contribution in [0.5, 0.6) is 0 Å². The van der Waals surface area contributed by atoms with Crippen LogP contribution in [0.1, 0.15) is 28.1 Å². The molecule has 0 atom stereocenters. The Labute approximate surface area is 114 Å². The van der Waals surface area contributed by atoms with Gasteiger partial charge in [-0.2, -0.15) is 0 Å². The maximum atomic E-state index is 12.7. The Morgan fingerprint density at radius 3 is 2.16 bits per heavy atom. The second-order valence-electron chi connectivity index (χ2n) is 4.84. The second-order valence-corrected chi connectivity index (χ2v) is 6.63. The van der Waals surface area contributed by atoms with Crippen molar-refractivity contribution in [1.82, 2.24) is 8.96 Å². The van der Waals surface area contributed by atoms with Crippen LogP contribution < -0.4 is 0 Å². The van der Waals surface area contributed by atoms with Crippen molar-refractivity contribution < 1.29 is 8.42 Å². The zero-order valence-corrected chi connectivity index (χ0v) is 12.7. The van der Waals surface area contributed by atoms with E-state index < -0.39 is 10.0 Å². The van der Waals surface area contributed by atoms with Gasteiger partial charge in [-0.1, -0.05) is 0 Å². The first-order chi connectivity index (χ1) is 8.76. The monoisotopic (exact) mass is 278 g/mol. The van der Waals surface area contributed by atoms with Gasteiger partial charge >= 0.3 is 0 Å². The Morgan fingerprint density at radius 2 is 1.63 bits per heavy atom. The molecule has 1 heterocycles. The molecule has 0 aliphatic carbocycles. The molecule has 0 saturated heterocycles. The van der Waals surface area contributed by atoms with E-state index in [4.69, 9.17) is 0 Å². The topological polar surface area (TPSA) is 52.0 Å². The number of imidazole rings is 1. The molecule has 102 valence electrons. The van der Waals surface area contributed by atoms with Gasteiger partial charge in [0.25, 0.3) is 10.0 Å². The van der Waals surface area contributed by atoms with Gasteiger partial charge in [-0.3, -0.25) is 0 Å². The first kappa shape index (κ1) is 13.8. The molecule has 0 spiro atoms. The van der Waals surface area contributed by atoms with Crippen molar-refractivity contribution in [2.24, 2.45) is 0 Å². The van der Waals surface area contributed by atoms with Crippen LogP contribution in [-0.2, 0) is 10.0 Å². The van der Waals surface area contributed by atoms with Crippen molar-refractivity contribution in [3.63, 3.8) is 0 Å².